The number of amides is 1. The van der Waals surface area contributed by atoms with Crippen LogP contribution in [-0.2, 0) is 4.74 Å². The Labute approximate surface area is 99.7 Å². The van der Waals surface area contributed by atoms with Crippen molar-refractivity contribution in [3.05, 3.63) is 18.1 Å². The van der Waals surface area contributed by atoms with Crippen molar-refractivity contribution in [3.8, 4) is 0 Å². The molecule has 94 valence electrons. The van der Waals surface area contributed by atoms with Crippen LogP contribution in [0.4, 0.5) is 5.82 Å². The van der Waals surface area contributed by atoms with Crippen LogP contribution < -0.4 is 16.6 Å². The standard InChI is InChI=1S/C10H17N5O2/c1-10(2,17-3)6-13-9(16)7-4-12-5-8(14-7)15-11/h4-5H,6,11H2,1-3H3,(H,13,16)(H,14,15). The van der Waals surface area contributed by atoms with Crippen LogP contribution in [0.3, 0.4) is 0 Å². The Balaban J connectivity index is 2.64. The summed E-state index contributed by atoms with van der Waals surface area (Å²) in [5.41, 5.74) is 2.10. The molecule has 1 rings (SSSR count). The predicted molar refractivity (Wildman–Crippen MR) is 63.3 cm³/mol. The topological polar surface area (TPSA) is 102 Å². The highest BCUT2D eigenvalue weighted by molar-refractivity contribution is 5.92. The molecule has 0 atom stereocenters. The molecule has 0 bridgehead atoms. The summed E-state index contributed by atoms with van der Waals surface area (Å²) in [5.74, 6) is 5.20. The monoisotopic (exact) mass is 239 g/mol. The molecule has 1 aromatic rings. The van der Waals surface area contributed by atoms with E-state index in [1.165, 1.54) is 12.4 Å². The Morgan fingerprint density at radius 1 is 1.53 bits per heavy atom. The third-order valence-electron chi connectivity index (χ3n) is 2.24. The first kappa shape index (κ1) is 13.3. The van der Waals surface area contributed by atoms with E-state index in [1.54, 1.807) is 7.11 Å². The summed E-state index contributed by atoms with van der Waals surface area (Å²) in [6.07, 6.45) is 2.80. The molecule has 0 unspecified atom stereocenters. The summed E-state index contributed by atoms with van der Waals surface area (Å²) >= 11 is 0. The van der Waals surface area contributed by atoms with Gasteiger partial charge in [0.15, 0.2) is 5.82 Å². The first-order valence-corrected chi connectivity index (χ1v) is 5.10. The predicted octanol–water partition coefficient (Wildman–Crippen LogP) is -0.0830. The minimum atomic E-state index is -0.424. The fraction of sp³-hybridized carbons (Fsp3) is 0.500. The van der Waals surface area contributed by atoms with Gasteiger partial charge in [-0.3, -0.25) is 9.78 Å². The SMILES string of the molecule is COC(C)(C)CNC(=O)c1cncc(NN)n1. The van der Waals surface area contributed by atoms with Crippen molar-refractivity contribution in [2.45, 2.75) is 19.4 Å². The molecule has 0 saturated carbocycles. The maximum absolute atomic E-state index is 11.7. The fourth-order valence-electron chi connectivity index (χ4n) is 1.00. The number of hydrogen-bond donors (Lipinski definition) is 3. The summed E-state index contributed by atoms with van der Waals surface area (Å²) in [7, 11) is 1.59. The van der Waals surface area contributed by atoms with Gasteiger partial charge in [-0.05, 0) is 13.8 Å². The van der Waals surface area contributed by atoms with Crippen molar-refractivity contribution in [1.82, 2.24) is 15.3 Å². The summed E-state index contributed by atoms with van der Waals surface area (Å²) in [6, 6.07) is 0. The number of methoxy groups -OCH3 is 1. The third-order valence-corrected chi connectivity index (χ3v) is 2.24. The molecule has 0 aromatic carbocycles. The van der Waals surface area contributed by atoms with Crippen LogP contribution in [0.15, 0.2) is 12.4 Å². The van der Waals surface area contributed by atoms with Crippen LogP contribution >= 0.6 is 0 Å². The van der Waals surface area contributed by atoms with E-state index in [1.807, 2.05) is 13.8 Å². The smallest absolute Gasteiger partial charge is 0.271 e. The number of hydrogen-bond acceptors (Lipinski definition) is 6. The van der Waals surface area contributed by atoms with Crippen LogP contribution in [0, 0.1) is 0 Å². The maximum Gasteiger partial charge on any atom is 0.271 e. The van der Waals surface area contributed by atoms with Crippen molar-refractivity contribution in [2.75, 3.05) is 19.1 Å². The molecule has 0 aliphatic carbocycles. The number of carbonyl (C=O) groups excluding carboxylic acids is 1. The number of aromatic nitrogens is 2. The molecule has 1 aromatic heterocycles. The number of nitrogens with one attached hydrogen (secondary N) is 2. The van der Waals surface area contributed by atoms with E-state index >= 15 is 0 Å². The number of nitrogens with zero attached hydrogens (tertiary/aromatic N) is 2. The highest BCUT2D eigenvalue weighted by Gasteiger charge is 2.18. The molecule has 4 N–H and O–H groups in total. The number of nitrogens with two attached hydrogens (primary N) is 1. The zero-order valence-corrected chi connectivity index (χ0v) is 10.2. The zero-order chi connectivity index (χ0) is 12.9. The molecular formula is C10H17N5O2. The molecule has 1 amide bonds. The van der Waals surface area contributed by atoms with Crippen molar-refractivity contribution in [2.24, 2.45) is 5.84 Å². The van der Waals surface area contributed by atoms with Gasteiger partial charge in [-0.2, -0.15) is 0 Å². The van der Waals surface area contributed by atoms with E-state index < -0.39 is 5.60 Å². The van der Waals surface area contributed by atoms with Gasteiger partial charge in [0.2, 0.25) is 0 Å². The van der Waals surface area contributed by atoms with Gasteiger partial charge in [-0.25, -0.2) is 10.8 Å². The van der Waals surface area contributed by atoms with Crippen molar-refractivity contribution < 1.29 is 9.53 Å². The van der Waals surface area contributed by atoms with Crippen LogP contribution in [0.25, 0.3) is 0 Å². The first-order chi connectivity index (χ1) is 7.98. The first-order valence-electron chi connectivity index (χ1n) is 5.10. The van der Waals surface area contributed by atoms with Gasteiger partial charge in [-0.1, -0.05) is 0 Å². The van der Waals surface area contributed by atoms with E-state index in [0.717, 1.165) is 0 Å². The molecule has 1 heterocycles. The van der Waals surface area contributed by atoms with Crippen LogP contribution in [-0.4, -0.2) is 35.1 Å². The van der Waals surface area contributed by atoms with Gasteiger partial charge in [0.1, 0.15) is 5.69 Å². The quantitative estimate of drug-likeness (QED) is 0.490. The lowest BCUT2D eigenvalue weighted by Gasteiger charge is -2.22. The number of ether oxygens (including phenoxy) is 1. The number of rotatable bonds is 5. The average Bonchev–Trinajstić information content (AvgIpc) is 2.36. The summed E-state index contributed by atoms with van der Waals surface area (Å²) in [6.45, 7) is 4.12. The Morgan fingerprint density at radius 2 is 2.24 bits per heavy atom. The summed E-state index contributed by atoms with van der Waals surface area (Å²) < 4.78 is 5.19. The van der Waals surface area contributed by atoms with Crippen molar-refractivity contribution in [1.29, 1.82) is 0 Å². The summed E-state index contributed by atoms with van der Waals surface area (Å²) in [5, 5.41) is 2.71. The Bertz CT molecular complexity index is 394. The molecular weight excluding hydrogens is 222 g/mol. The van der Waals surface area contributed by atoms with E-state index in [-0.39, 0.29) is 11.6 Å². The molecule has 7 nitrogen and oxygen atoms in total. The minimum absolute atomic E-state index is 0.201. The van der Waals surface area contributed by atoms with E-state index in [4.69, 9.17) is 10.6 Å². The van der Waals surface area contributed by atoms with Crippen LogP contribution in [0.5, 0.6) is 0 Å². The lowest BCUT2D eigenvalue weighted by atomic mass is 10.1. The Kier molecular flexibility index (Phi) is 4.36. The van der Waals surface area contributed by atoms with E-state index in [0.29, 0.717) is 12.4 Å². The Morgan fingerprint density at radius 3 is 2.82 bits per heavy atom. The van der Waals surface area contributed by atoms with Gasteiger partial charge in [0.05, 0.1) is 18.0 Å². The van der Waals surface area contributed by atoms with Gasteiger partial charge >= 0.3 is 0 Å². The van der Waals surface area contributed by atoms with Gasteiger partial charge in [0.25, 0.3) is 5.91 Å². The minimum Gasteiger partial charge on any atom is -0.377 e. The van der Waals surface area contributed by atoms with E-state index in [9.17, 15) is 4.79 Å². The van der Waals surface area contributed by atoms with E-state index in [2.05, 4.69) is 20.7 Å². The average molecular weight is 239 g/mol. The van der Waals surface area contributed by atoms with Gasteiger partial charge in [-0.15, -0.1) is 0 Å². The third kappa shape index (κ3) is 3.97. The largest absolute Gasteiger partial charge is 0.377 e. The lowest BCUT2D eigenvalue weighted by molar-refractivity contribution is 0.0228. The second-order valence-corrected chi connectivity index (χ2v) is 4.08. The second-order valence-electron chi connectivity index (χ2n) is 4.08. The molecule has 0 aliphatic heterocycles. The molecule has 0 aliphatic rings. The Hall–Kier alpha value is -1.73. The summed E-state index contributed by atoms with van der Waals surface area (Å²) in [4.78, 5) is 19.5. The highest BCUT2D eigenvalue weighted by Crippen LogP contribution is 2.06. The van der Waals surface area contributed by atoms with Gasteiger partial charge in [0, 0.05) is 13.7 Å². The van der Waals surface area contributed by atoms with Crippen molar-refractivity contribution in [3.63, 3.8) is 0 Å². The number of anilines is 1. The molecule has 7 heteroatoms. The van der Waals surface area contributed by atoms with Crippen molar-refractivity contribution >= 4 is 11.7 Å². The van der Waals surface area contributed by atoms with Crippen LogP contribution in [0.1, 0.15) is 24.3 Å². The lowest BCUT2D eigenvalue weighted by Crippen LogP contribution is -2.40. The van der Waals surface area contributed by atoms with Gasteiger partial charge < -0.3 is 15.5 Å². The second kappa shape index (κ2) is 5.55. The molecule has 0 radical (unpaired) electrons. The molecule has 0 spiro atoms. The molecule has 0 saturated heterocycles. The number of nitrogen functional groups attached to an aromatic ring is 1. The zero-order valence-electron chi connectivity index (χ0n) is 10.2. The number of carbonyl (C=O) groups is 1. The molecule has 17 heavy (non-hydrogen) atoms. The maximum atomic E-state index is 11.7. The number of hydrazine groups is 1. The normalized spacial score (nSPS) is 11.1. The fourth-order valence-corrected chi connectivity index (χ4v) is 1.00. The van der Waals surface area contributed by atoms with Crippen LogP contribution in [0.2, 0.25) is 0 Å². The molecule has 0 fully saturated rings. The highest BCUT2D eigenvalue weighted by atomic mass is 16.5.